The first kappa shape index (κ1) is 21.2. The molecule has 0 bridgehead atoms. The highest BCUT2D eigenvalue weighted by molar-refractivity contribution is 6.22. The first-order chi connectivity index (χ1) is 15.7. The van der Waals surface area contributed by atoms with E-state index >= 15 is 0 Å². The molecule has 4 atom stereocenters. The molecule has 2 heterocycles. The summed E-state index contributed by atoms with van der Waals surface area (Å²) in [6.45, 7) is 2.58. The lowest BCUT2D eigenvalue weighted by atomic mass is 9.71. The molecular formula is C27H31NO4. The molecule has 0 aromatic heterocycles. The summed E-state index contributed by atoms with van der Waals surface area (Å²) >= 11 is 0. The smallest absolute Gasteiger partial charge is 0.173 e. The predicted molar refractivity (Wildman–Crippen MR) is 123 cm³/mol. The van der Waals surface area contributed by atoms with Gasteiger partial charge in [0, 0.05) is 24.6 Å². The third kappa shape index (κ3) is 4.19. The number of aryl methyl sites for hydroxylation is 1. The first-order valence-corrected chi connectivity index (χ1v) is 11.7. The average molecular weight is 434 g/mol. The van der Waals surface area contributed by atoms with Crippen molar-refractivity contribution in [1.82, 2.24) is 4.90 Å². The normalized spacial score (nSPS) is 27.7. The van der Waals surface area contributed by atoms with Gasteiger partial charge in [0.05, 0.1) is 37.7 Å². The highest BCUT2D eigenvalue weighted by Crippen LogP contribution is 2.43. The Balaban J connectivity index is 1.26. The van der Waals surface area contributed by atoms with E-state index in [0.717, 1.165) is 44.3 Å². The van der Waals surface area contributed by atoms with E-state index in [0.29, 0.717) is 18.1 Å². The van der Waals surface area contributed by atoms with Gasteiger partial charge in [-0.05, 0) is 37.3 Å². The Bertz CT molecular complexity index is 973. The van der Waals surface area contributed by atoms with Crippen molar-refractivity contribution in [3.05, 3.63) is 72.0 Å². The number of nitrogens with zero attached hydrogens (tertiary/aromatic N) is 1. The van der Waals surface area contributed by atoms with Gasteiger partial charge in [0.25, 0.3) is 0 Å². The van der Waals surface area contributed by atoms with E-state index in [2.05, 4.69) is 35.2 Å². The van der Waals surface area contributed by atoms with Crippen molar-refractivity contribution in [1.29, 1.82) is 0 Å². The van der Waals surface area contributed by atoms with Gasteiger partial charge in [0.1, 0.15) is 11.9 Å². The fourth-order valence-corrected chi connectivity index (χ4v) is 5.46. The molecule has 0 spiro atoms. The molecule has 32 heavy (non-hydrogen) atoms. The lowest BCUT2D eigenvalue weighted by Gasteiger charge is -2.48. The van der Waals surface area contributed by atoms with Crippen molar-refractivity contribution in [2.45, 2.75) is 37.9 Å². The number of hydrogen-bond donors (Lipinski definition) is 0. The Morgan fingerprint density at radius 2 is 1.88 bits per heavy atom. The standard InChI is InChI=1S/C27H31NO4/c1-30-24-12-6-5-11-20(24)23-17-31-27-21(26(23)29)13-14-25-22(27)16-28(18-32-25)15-7-10-19-8-3-2-4-9-19/h2-6,8-9,11-12,17,21-22,25,27H,7,10,13-16,18H2,1H3. The number of fused-ring (bicyclic) bond motifs is 3. The Kier molecular flexibility index (Phi) is 6.28. The molecule has 5 heteroatoms. The third-order valence-electron chi connectivity index (χ3n) is 7.12. The molecule has 2 aliphatic heterocycles. The van der Waals surface area contributed by atoms with Crippen molar-refractivity contribution in [3.63, 3.8) is 0 Å². The molecule has 2 fully saturated rings. The van der Waals surface area contributed by atoms with Gasteiger partial charge in [0.2, 0.25) is 0 Å². The highest BCUT2D eigenvalue weighted by Gasteiger charge is 2.49. The maximum absolute atomic E-state index is 13.5. The molecule has 0 radical (unpaired) electrons. The Labute approximate surface area is 190 Å². The average Bonchev–Trinajstić information content (AvgIpc) is 2.85. The first-order valence-electron chi connectivity index (χ1n) is 11.7. The van der Waals surface area contributed by atoms with Crippen LogP contribution in [0.1, 0.15) is 30.4 Å². The second kappa shape index (κ2) is 9.47. The van der Waals surface area contributed by atoms with E-state index in [1.807, 2.05) is 24.3 Å². The van der Waals surface area contributed by atoms with Crippen molar-refractivity contribution in [2.24, 2.45) is 11.8 Å². The van der Waals surface area contributed by atoms with Gasteiger partial charge in [0.15, 0.2) is 5.78 Å². The lowest BCUT2D eigenvalue weighted by Crippen LogP contribution is -2.56. The number of carbonyl (C=O) groups is 1. The SMILES string of the molecule is COc1ccccc1C1=COC2C(CCC3OCN(CCCc4ccccc4)CC32)C1=O. The molecule has 2 aromatic rings. The summed E-state index contributed by atoms with van der Waals surface area (Å²) in [6, 6.07) is 18.3. The number of Topliss-reactive ketones (excluding diaryl/α,β-unsaturated/α-hetero) is 1. The van der Waals surface area contributed by atoms with Gasteiger partial charge in [-0.15, -0.1) is 0 Å². The fourth-order valence-electron chi connectivity index (χ4n) is 5.46. The zero-order valence-electron chi connectivity index (χ0n) is 18.6. The summed E-state index contributed by atoms with van der Waals surface area (Å²) in [5.41, 5.74) is 2.80. The van der Waals surface area contributed by atoms with Crippen LogP contribution < -0.4 is 4.74 Å². The Morgan fingerprint density at radius 3 is 2.72 bits per heavy atom. The molecule has 5 rings (SSSR count). The molecule has 3 aliphatic rings. The summed E-state index contributed by atoms with van der Waals surface area (Å²) in [5.74, 6) is 0.978. The molecule has 1 saturated heterocycles. The van der Waals surface area contributed by atoms with E-state index in [1.54, 1.807) is 13.4 Å². The number of ketones is 1. The summed E-state index contributed by atoms with van der Waals surface area (Å²) in [4.78, 5) is 15.8. The maximum Gasteiger partial charge on any atom is 0.173 e. The predicted octanol–water partition coefficient (Wildman–Crippen LogP) is 4.32. The van der Waals surface area contributed by atoms with Crippen molar-refractivity contribution < 1.29 is 19.0 Å². The third-order valence-corrected chi connectivity index (χ3v) is 7.12. The molecule has 1 saturated carbocycles. The largest absolute Gasteiger partial charge is 0.496 e. The number of para-hydroxylation sites is 1. The van der Waals surface area contributed by atoms with Gasteiger partial charge in [-0.3, -0.25) is 9.69 Å². The molecule has 5 nitrogen and oxygen atoms in total. The minimum Gasteiger partial charge on any atom is -0.496 e. The monoisotopic (exact) mass is 433 g/mol. The van der Waals surface area contributed by atoms with E-state index in [4.69, 9.17) is 14.2 Å². The van der Waals surface area contributed by atoms with Crippen LogP contribution in [-0.4, -0.2) is 49.8 Å². The molecule has 2 aromatic carbocycles. The molecule has 168 valence electrons. The summed E-state index contributed by atoms with van der Waals surface area (Å²) in [5, 5.41) is 0. The Hall–Kier alpha value is -2.63. The van der Waals surface area contributed by atoms with Crippen LogP contribution in [0.5, 0.6) is 5.75 Å². The molecule has 1 aliphatic carbocycles. The molecule has 0 N–H and O–H groups in total. The van der Waals surface area contributed by atoms with Gasteiger partial charge < -0.3 is 14.2 Å². The number of carbonyl (C=O) groups excluding carboxylic acids is 1. The second-order valence-electron chi connectivity index (χ2n) is 9.04. The van der Waals surface area contributed by atoms with Crippen LogP contribution in [0, 0.1) is 11.8 Å². The highest BCUT2D eigenvalue weighted by atomic mass is 16.5. The number of hydrogen-bond acceptors (Lipinski definition) is 5. The quantitative estimate of drug-likeness (QED) is 0.679. The number of methoxy groups -OCH3 is 1. The lowest BCUT2D eigenvalue weighted by molar-refractivity contribution is -0.170. The van der Waals surface area contributed by atoms with Gasteiger partial charge in [-0.2, -0.15) is 0 Å². The maximum atomic E-state index is 13.5. The fraction of sp³-hybridized carbons (Fsp3) is 0.444. The van der Waals surface area contributed by atoms with E-state index in [-0.39, 0.29) is 29.8 Å². The number of rotatable bonds is 6. The van der Waals surface area contributed by atoms with Crippen LogP contribution in [0.25, 0.3) is 5.57 Å². The topological polar surface area (TPSA) is 48.0 Å². The number of benzene rings is 2. The van der Waals surface area contributed by atoms with Crippen molar-refractivity contribution >= 4 is 11.4 Å². The molecular weight excluding hydrogens is 402 g/mol. The summed E-state index contributed by atoms with van der Waals surface area (Å²) in [7, 11) is 1.63. The number of ether oxygens (including phenoxy) is 3. The van der Waals surface area contributed by atoms with Crippen LogP contribution in [-0.2, 0) is 20.7 Å². The van der Waals surface area contributed by atoms with Crippen LogP contribution in [0.2, 0.25) is 0 Å². The molecule has 0 amide bonds. The summed E-state index contributed by atoms with van der Waals surface area (Å²) in [6.07, 6.45) is 5.61. The van der Waals surface area contributed by atoms with Crippen LogP contribution in [0.3, 0.4) is 0 Å². The van der Waals surface area contributed by atoms with Gasteiger partial charge in [-0.1, -0.05) is 48.5 Å². The Morgan fingerprint density at radius 1 is 1.06 bits per heavy atom. The van der Waals surface area contributed by atoms with Crippen molar-refractivity contribution in [3.8, 4) is 5.75 Å². The van der Waals surface area contributed by atoms with Gasteiger partial charge >= 0.3 is 0 Å². The zero-order valence-corrected chi connectivity index (χ0v) is 18.6. The van der Waals surface area contributed by atoms with Crippen LogP contribution >= 0.6 is 0 Å². The van der Waals surface area contributed by atoms with E-state index in [9.17, 15) is 4.79 Å². The van der Waals surface area contributed by atoms with E-state index in [1.165, 1.54) is 5.56 Å². The minimum absolute atomic E-state index is 0.114. The van der Waals surface area contributed by atoms with Crippen molar-refractivity contribution in [2.75, 3.05) is 26.9 Å². The summed E-state index contributed by atoms with van der Waals surface area (Å²) < 4.78 is 18.0. The van der Waals surface area contributed by atoms with Crippen LogP contribution in [0.4, 0.5) is 0 Å². The number of allylic oxidation sites excluding steroid dienone is 1. The van der Waals surface area contributed by atoms with E-state index < -0.39 is 0 Å². The van der Waals surface area contributed by atoms with Gasteiger partial charge in [-0.25, -0.2) is 0 Å². The second-order valence-corrected chi connectivity index (χ2v) is 9.04. The molecule has 4 unspecified atom stereocenters. The zero-order chi connectivity index (χ0) is 21.9. The minimum atomic E-state index is -0.117. The van der Waals surface area contributed by atoms with Crippen LogP contribution in [0.15, 0.2) is 60.9 Å².